The van der Waals surface area contributed by atoms with Gasteiger partial charge < -0.3 is 20.1 Å². The molecule has 0 saturated carbocycles. The van der Waals surface area contributed by atoms with Crippen LogP contribution in [0.25, 0.3) is 0 Å². The van der Waals surface area contributed by atoms with Crippen molar-refractivity contribution in [2.24, 2.45) is 0 Å². The molecule has 0 saturated heterocycles. The number of aromatic nitrogens is 1. The lowest BCUT2D eigenvalue weighted by molar-refractivity contribution is 0.102. The van der Waals surface area contributed by atoms with Gasteiger partial charge in [0.1, 0.15) is 11.5 Å². The highest BCUT2D eigenvalue weighted by Crippen LogP contribution is 2.45. The second-order valence-corrected chi connectivity index (χ2v) is 10.2. The summed E-state index contributed by atoms with van der Waals surface area (Å²) in [6.45, 7) is 0.411. The van der Waals surface area contributed by atoms with Gasteiger partial charge in [-0.05, 0) is 54.1 Å². The topological polar surface area (TPSA) is 72.5 Å². The highest BCUT2D eigenvalue weighted by Gasteiger charge is 2.36. The smallest absolute Gasteiger partial charge is 0.255 e. The molecule has 1 aliphatic rings. The van der Waals surface area contributed by atoms with Crippen molar-refractivity contribution in [2.45, 2.75) is 18.8 Å². The number of hydrogen-bond donors (Lipinski definition) is 2. The number of para-hydroxylation sites is 2. The minimum absolute atomic E-state index is 0.213. The van der Waals surface area contributed by atoms with Crippen molar-refractivity contribution in [3.63, 3.8) is 0 Å². The first kappa shape index (κ1) is 27.1. The molecule has 5 aromatic rings. The van der Waals surface area contributed by atoms with Crippen LogP contribution in [0.1, 0.15) is 39.3 Å². The molecule has 7 heteroatoms. The van der Waals surface area contributed by atoms with Gasteiger partial charge in [0.2, 0.25) is 0 Å². The number of amides is 1. The van der Waals surface area contributed by atoms with E-state index in [1.807, 2.05) is 103 Å². The Balaban J connectivity index is 1.31. The molecule has 2 N–H and O–H groups in total. The average Bonchev–Trinajstić information content (AvgIpc) is 3.04. The number of pyridine rings is 1. The van der Waals surface area contributed by atoms with E-state index in [0.717, 1.165) is 22.4 Å². The van der Waals surface area contributed by atoms with Crippen molar-refractivity contribution in [1.29, 1.82) is 0 Å². The lowest BCUT2D eigenvalue weighted by atomic mass is 9.89. The molecule has 1 aliphatic carbocycles. The number of benzene rings is 4. The molecule has 0 spiro atoms. The Kier molecular flexibility index (Phi) is 8.15. The molecule has 1 amide bonds. The van der Waals surface area contributed by atoms with Gasteiger partial charge in [0.15, 0.2) is 12.2 Å². The van der Waals surface area contributed by atoms with Crippen LogP contribution < -0.4 is 20.1 Å². The summed E-state index contributed by atoms with van der Waals surface area (Å²) in [4.78, 5) is 17.0. The van der Waals surface area contributed by atoms with Crippen LogP contribution in [0.15, 0.2) is 144 Å². The third kappa shape index (κ3) is 6.14. The number of carbonyl (C=O) groups is 1. The fourth-order valence-electron chi connectivity index (χ4n) is 4.89. The van der Waals surface area contributed by atoms with Crippen molar-refractivity contribution in [3.8, 4) is 11.5 Å². The van der Waals surface area contributed by atoms with Crippen LogP contribution in [0.2, 0.25) is 0 Å². The molecule has 42 heavy (non-hydrogen) atoms. The Hall–Kier alpha value is -5.07. The van der Waals surface area contributed by atoms with Crippen molar-refractivity contribution in [2.75, 3.05) is 5.32 Å². The van der Waals surface area contributed by atoms with Crippen LogP contribution in [0.5, 0.6) is 11.5 Å². The van der Waals surface area contributed by atoms with Crippen LogP contribution >= 0.6 is 11.6 Å². The summed E-state index contributed by atoms with van der Waals surface area (Å²) in [6.07, 6.45) is 2.25. The zero-order valence-corrected chi connectivity index (χ0v) is 23.4. The van der Waals surface area contributed by atoms with Gasteiger partial charge in [0, 0.05) is 29.4 Å². The molecule has 1 aromatic heterocycles. The predicted molar refractivity (Wildman–Crippen MR) is 164 cm³/mol. The van der Waals surface area contributed by atoms with Crippen molar-refractivity contribution >= 4 is 23.2 Å². The minimum Gasteiger partial charge on any atom is -0.480 e. The van der Waals surface area contributed by atoms with Crippen molar-refractivity contribution in [3.05, 3.63) is 167 Å². The molecule has 6 nitrogen and oxygen atoms in total. The first-order chi connectivity index (χ1) is 20.7. The monoisotopic (exact) mass is 573 g/mol. The summed E-state index contributed by atoms with van der Waals surface area (Å²) >= 11 is 7.17. The van der Waals surface area contributed by atoms with E-state index in [1.165, 1.54) is 0 Å². The lowest BCUT2D eigenvalue weighted by Crippen LogP contribution is -2.31. The lowest BCUT2D eigenvalue weighted by Gasteiger charge is -2.34. The minimum atomic E-state index is -0.528. The van der Waals surface area contributed by atoms with Crippen LogP contribution in [0, 0.1) is 0 Å². The largest absolute Gasteiger partial charge is 0.480 e. The Morgan fingerprint density at radius 3 is 2.05 bits per heavy atom. The molecule has 2 unspecified atom stereocenters. The number of rotatable bonds is 9. The predicted octanol–water partition coefficient (Wildman–Crippen LogP) is 7.83. The number of nitrogens with zero attached hydrogens (tertiary/aromatic N) is 1. The number of carbonyl (C=O) groups excluding carboxylic acids is 1. The van der Waals surface area contributed by atoms with E-state index in [2.05, 4.69) is 15.6 Å². The van der Waals surface area contributed by atoms with Crippen LogP contribution in [-0.2, 0) is 6.54 Å². The first-order valence-electron chi connectivity index (χ1n) is 13.6. The number of ether oxygens (including phenoxy) is 2. The van der Waals surface area contributed by atoms with E-state index in [9.17, 15) is 4.79 Å². The second-order valence-electron chi connectivity index (χ2n) is 9.76. The van der Waals surface area contributed by atoms with E-state index in [-0.39, 0.29) is 5.91 Å². The van der Waals surface area contributed by atoms with Gasteiger partial charge in [-0.15, -0.1) is 0 Å². The van der Waals surface area contributed by atoms with E-state index >= 15 is 0 Å². The average molecular weight is 574 g/mol. The maximum absolute atomic E-state index is 12.9. The summed E-state index contributed by atoms with van der Waals surface area (Å²) < 4.78 is 13.0. The third-order valence-electron chi connectivity index (χ3n) is 6.90. The standard InChI is InChI=1S/C35H28ClN3O3/c36-31-32(38-22-24-11-9-12-25(21-24)35(40)39-26-13-10-20-37-23-26)34(42-28-16-5-2-6-17-28)30-19-8-7-18-29(30)33(31)41-27-14-3-1-4-15-27/h1-21,23,33-34,38H,22H2,(H,39,40). The summed E-state index contributed by atoms with van der Waals surface area (Å²) in [5.74, 6) is 1.22. The Morgan fingerprint density at radius 1 is 0.738 bits per heavy atom. The molecule has 6 rings (SSSR count). The zero-order valence-electron chi connectivity index (χ0n) is 22.6. The fraction of sp³-hybridized carbons (Fsp3) is 0.0857. The molecule has 4 aromatic carbocycles. The molecule has 1 heterocycles. The van der Waals surface area contributed by atoms with Gasteiger partial charge >= 0.3 is 0 Å². The summed E-state index contributed by atoms with van der Waals surface area (Å²) in [5, 5.41) is 6.92. The van der Waals surface area contributed by atoms with Gasteiger partial charge in [0.25, 0.3) is 5.91 Å². The number of nitrogens with one attached hydrogen (secondary N) is 2. The maximum atomic E-state index is 12.9. The van der Waals surface area contributed by atoms with Gasteiger partial charge in [-0.25, -0.2) is 0 Å². The van der Waals surface area contributed by atoms with E-state index < -0.39 is 12.2 Å². The Morgan fingerprint density at radius 2 is 1.38 bits per heavy atom. The molecule has 0 fully saturated rings. The van der Waals surface area contributed by atoms with Gasteiger partial charge in [-0.3, -0.25) is 9.78 Å². The molecular formula is C35H28ClN3O3. The molecule has 0 bridgehead atoms. The Labute approximate surface area is 249 Å². The Bertz CT molecular complexity index is 1700. The molecule has 0 radical (unpaired) electrons. The quantitative estimate of drug-likeness (QED) is 0.188. The highest BCUT2D eigenvalue weighted by molar-refractivity contribution is 6.30. The van der Waals surface area contributed by atoms with Crippen molar-refractivity contribution in [1.82, 2.24) is 10.3 Å². The molecular weight excluding hydrogens is 546 g/mol. The van der Waals surface area contributed by atoms with E-state index in [0.29, 0.717) is 34.3 Å². The van der Waals surface area contributed by atoms with Crippen LogP contribution in [0.4, 0.5) is 5.69 Å². The number of anilines is 1. The molecule has 208 valence electrons. The van der Waals surface area contributed by atoms with Gasteiger partial charge in [-0.1, -0.05) is 84.4 Å². The third-order valence-corrected chi connectivity index (χ3v) is 7.30. The van der Waals surface area contributed by atoms with Gasteiger partial charge in [0.05, 0.1) is 22.6 Å². The first-order valence-corrected chi connectivity index (χ1v) is 14.0. The van der Waals surface area contributed by atoms with Gasteiger partial charge in [-0.2, -0.15) is 0 Å². The SMILES string of the molecule is O=C(Nc1cccnc1)c1cccc(CNC2=C(Cl)C(Oc3ccccc3)c3ccccc3C2Oc2ccccc2)c1. The summed E-state index contributed by atoms with van der Waals surface area (Å²) in [6, 6.07) is 38.4. The van der Waals surface area contributed by atoms with Crippen LogP contribution in [0.3, 0.4) is 0 Å². The summed E-state index contributed by atoms with van der Waals surface area (Å²) in [7, 11) is 0. The van der Waals surface area contributed by atoms with E-state index in [1.54, 1.807) is 30.6 Å². The second kappa shape index (κ2) is 12.6. The number of hydrogen-bond acceptors (Lipinski definition) is 5. The maximum Gasteiger partial charge on any atom is 0.255 e. The number of fused-ring (bicyclic) bond motifs is 1. The molecule has 2 atom stereocenters. The molecule has 0 aliphatic heterocycles. The fourth-order valence-corrected chi connectivity index (χ4v) is 5.22. The zero-order chi connectivity index (χ0) is 28.7. The van der Waals surface area contributed by atoms with Crippen molar-refractivity contribution < 1.29 is 14.3 Å². The van der Waals surface area contributed by atoms with E-state index in [4.69, 9.17) is 21.1 Å². The summed E-state index contributed by atoms with van der Waals surface area (Å²) in [5.41, 5.74) is 4.67. The highest BCUT2D eigenvalue weighted by atomic mass is 35.5. The van der Waals surface area contributed by atoms with Crippen LogP contribution in [-0.4, -0.2) is 10.9 Å². The number of halogens is 1. The normalized spacial score (nSPS) is 15.8.